The highest BCUT2D eigenvalue weighted by molar-refractivity contribution is 9.10. The molecule has 7 heteroatoms. The van der Waals surface area contributed by atoms with Crippen LogP contribution in [0.3, 0.4) is 0 Å². The van der Waals surface area contributed by atoms with Crippen LogP contribution in [0.1, 0.15) is 27.2 Å². The number of carbonyl (C=O) groups is 1. The van der Waals surface area contributed by atoms with Crippen LogP contribution in [-0.2, 0) is 6.42 Å². The van der Waals surface area contributed by atoms with Gasteiger partial charge in [0.2, 0.25) is 0 Å². The lowest BCUT2D eigenvalue weighted by molar-refractivity contribution is 0.0746. The largest absolute Gasteiger partial charge is 0.353 e. The van der Waals surface area contributed by atoms with Crippen molar-refractivity contribution in [2.75, 3.05) is 31.1 Å². The van der Waals surface area contributed by atoms with Crippen molar-refractivity contribution in [3.8, 4) is 11.4 Å². The maximum atomic E-state index is 13.0. The van der Waals surface area contributed by atoms with Gasteiger partial charge in [0.1, 0.15) is 5.82 Å². The third-order valence-electron chi connectivity index (χ3n) is 6.48. The van der Waals surface area contributed by atoms with E-state index in [1.54, 1.807) is 0 Å². The molecular formula is C29H26BrClN4O. The Kier molecular flexibility index (Phi) is 7.35. The molecule has 0 spiro atoms. The van der Waals surface area contributed by atoms with Crippen molar-refractivity contribution in [3.05, 3.63) is 111 Å². The highest BCUT2D eigenvalue weighted by Gasteiger charge is 2.26. The molecule has 182 valence electrons. The van der Waals surface area contributed by atoms with Crippen LogP contribution in [0.25, 0.3) is 11.4 Å². The van der Waals surface area contributed by atoms with Crippen molar-refractivity contribution in [1.82, 2.24) is 14.9 Å². The van der Waals surface area contributed by atoms with Gasteiger partial charge in [0.05, 0.1) is 0 Å². The molecule has 1 saturated heterocycles. The van der Waals surface area contributed by atoms with Crippen LogP contribution in [0.4, 0.5) is 5.82 Å². The van der Waals surface area contributed by atoms with Crippen molar-refractivity contribution >= 4 is 39.3 Å². The number of anilines is 1. The summed E-state index contributed by atoms with van der Waals surface area (Å²) in [7, 11) is 0. The van der Waals surface area contributed by atoms with E-state index in [4.69, 9.17) is 21.6 Å². The van der Waals surface area contributed by atoms with E-state index in [9.17, 15) is 4.79 Å². The quantitative estimate of drug-likeness (QED) is 0.282. The molecule has 1 fully saturated rings. The molecule has 5 rings (SSSR count). The Morgan fingerprint density at radius 2 is 1.56 bits per heavy atom. The number of amides is 1. The van der Waals surface area contributed by atoms with E-state index in [1.807, 2.05) is 59.5 Å². The second kappa shape index (κ2) is 10.8. The molecule has 1 aliphatic rings. The maximum Gasteiger partial charge on any atom is 0.253 e. The SMILES string of the molecule is Cc1nc(-c2ccc(Cl)cc2)nc(N2CCN(C(=O)c3ccc(Br)cc3)CC2)c1Cc1ccccc1. The molecule has 3 aromatic carbocycles. The Morgan fingerprint density at radius 3 is 2.22 bits per heavy atom. The van der Waals surface area contributed by atoms with Gasteiger partial charge in [-0.05, 0) is 61.0 Å². The molecule has 0 unspecified atom stereocenters. The van der Waals surface area contributed by atoms with E-state index >= 15 is 0 Å². The highest BCUT2D eigenvalue weighted by atomic mass is 79.9. The average molecular weight is 562 g/mol. The number of halogens is 2. The minimum Gasteiger partial charge on any atom is -0.353 e. The average Bonchev–Trinajstić information content (AvgIpc) is 2.91. The zero-order chi connectivity index (χ0) is 25.1. The van der Waals surface area contributed by atoms with E-state index in [-0.39, 0.29) is 5.91 Å². The zero-order valence-electron chi connectivity index (χ0n) is 20.0. The molecule has 0 aliphatic carbocycles. The third kappa shape index (κ3) is 5.45. The van der Waals surface area contributed by atoms with Crippen LogP contribution < -0.4 is 4.90 Å². The molecule has 0 bridgehead atoms. The number of aryl methyl sites for hydroxylation is 1. The Bertz CT molecular complexity index is 1350. The number of rotatable bonds is 5. The van der Waals surface area contributed by atoms with Gasteiger partial charge in [-0.15, -0.1) is 0 Å². The monoisotopic (exact) mass is 560 g/mol. The van der Waals surface area contributed by atoms with Crippen molar-refractivity contribution in [2.45, 2.75) is 13.3 Å². The molecular weight excluding hydrogens is 536 g/mol. The normalized spacial score (nSPS) is 13.6. The zero-order valence-corrected chi connectivity index (χ0v) is 22.3. The molecule has 0 atom stereocenters. The van der Waals surface area contributed by atoms with E-state index in [0.717, 1.165) is 33.5 Å². The smallest absolute Gasteiger partial charge is 0.253 e. The van der Waals surface area contributed by atoms with Crippen molar-refractivity contribution in [2.24, 2.45) is 0 Å². The van der Waals surface area contributed by atoms with Gasteiger partial charge in [-0.3, -0.25) is 4.79 Å². The lowest BCUT2D eigenvalue weighted by atomic mass is 10.0. The van der Waals surface area contributed by atoms with Gasteiger partial charge in [0.15, 0.2) is 5.82 Å². The predicted molar refractivity (Wildman–Crippen MR) is 149 cm³/mol. The summed E-state index contributed by atoms with van der Waals surface area (Å²) in [5, 5.41) is 0.683. The van der Waals surface area contributed by atoms with E-state index in [2.05, 4.69) is 52.0 Å². The maximum absolute atomic E-state index is 13.0. The standard InChI is InChI=1S/C29H26BrClN4O/c1-20-26(19-21-5-3-2-4-6-21)28(33-27(32-20)22-9-13-25(31)14-10-22)34-15-17-35(18-16-34)29(36)23-7-11-24(30)12-8-23/h2-14H,15-19H2,1H3. The first-order valence-electron chi connectivity index (χ1n) is 11.9. The molecule has 5 nitrogen and oxygen atoms in total. The van der Waals surface area contributed by atoms with Crippen LogP contribution in [-0.4, -0.2) is 47.0 Å². The lowest BCUT2D eigenvalue weighted by Gasteiger charge is -2.36. The Labute approximate surface area is 224 Å². The second-order valence-electron chi connectivity index (χ2n) is 8.89. The molecule has 36 heavy (non-hydrogen) atoms. The molecule has 4 aromatic rings. The second-order valence-corrected chi connectivity index (χ2v) is 10.2. The van der Waals surface area contributed by atoms with Gasteiger partial charge in [-0.25, -0.2) is 9.97 Å². The van der Waals surface area contributed by atoms with Crippen LogP contribution in [0.5, 0.6) is 0 Å². The van der Waals surface area contributed by atoms with Crippen LogP contribution in [0, 0.1) is 6.92 Å². The molecule has 0 saturated carbocycles. The fourth-order valence-corrected chi connectivity index (χ4v) is 4.86. The van der Waals surface area contributed by atoms with Gasteiger partial charge in [-0.1, -0.05) is 57.9 Å². The summed E-state index contributed by atoms with van der Waals surface area (Å²) in [6, 6.07) is 25.6. The highest BCUT2D eigenvalue weighted by Crippen LogP contribution is 2.29. The van der Waals surface area contributed by atoms with Crippen molar-refractivity contribution in [3.63, 3.8) is 0 Å². The summed E-state index contributed by atoms with van der Waals surface area (Å²) in [4.78, 5) is 27.2. The predicted octanol–water partition coefficient (Wildman–Crippen LogP) is 6.42. The molecule has 1 aliphatic heterocycles. The number of carbonyl (C=O) groups excluding carboxylic acids is 1. The van der Waals surface area contributed by atoms with Gasteiger partial charge >= 0.3 is 0 Å². The summed E-state index contributed by atoms with van der Waals surface area (Å²) < 4.78 is 0.963. The van der Waals surface area contributed by atoms with Gasteiger partial charge in [-0.2, -0.15) is 0 Å². The lowest BCUT2D eigenvalue weighted by Crippen LogP contribution is -2.49. The number of benzene rings is 3. The molecule has 1 aromatic heterocycles. The first-order chi connectivity index (χ1) is 17.5. The van der Waals surface area contributed by atoms with Gasteiger partial charge in [0.25, 0.3) is 5.91 Å². The van der Waals surface area contributed by atoms with Crippen LogP contribution in [0.2, 0.25) is 5.02 Å². The molecule has 0 radical (unpaired) electrons. The minimum atomic E-state index is 0.0624. The fraction of sp³-hybridized carbons (Fsp3) is 0.207. The van der Waals surface area contributed by atoms with E-state index in [0.29, 0.717) is 42.6 Å². The summed E-state index contributed by atoms with van der Waals surface area (Å²) in [6.45, 7) is 4.75. The van der Waals surface area contributed by atoms with Crippen molar-refractivity contribution in [1.29, 1.82) is 0 Å². The number of hydrogen-bond acceptors (Lipinski definition) is 4. The van der Waals surface area contributed by atoms with Gasteiger partial charge < -0.3 is 9.80 Å². The molecule has 1 amide bonds. The van der Waals surface area contributed by atoms with E-state index < -0.39 is 0 Å². The summed E-state index contributed by atoms with van der Waals surface area (Å²) >= 11 is 9.54. The third-order valence-corrected chi connectivity index (χ3v) is 7.26. The summed E-state index contributed by atoms with van der Waals surface area (Å²) in [6.07, 6.45) is 0.751. The summed E-state index contributed by atoms with van der Waals surface area (Å²) in [5.41, 5.74) is 4.93. The number of hydrogen-bond donors (Lipinski definition) is 0. The Hall–Kier alpha value is -3.22. The van der Waals surface area contributed by atoms with Crippen LogP contribution in [0.15, 0.2) is 83.3 Å². The first-order valence-corrected chi connectivity index (χ1v) is 13.1. The van der Waals surface area contributed by atoms with E-state index in [1.165, 1.54) is 5.56 Å². The molecule has 2 heterocycles. The first kappa shape index (κ1) is 24.5. The Balaban J connectivity index is 1.43. The Morgan fingerprint density at radius 1 is 0.889 bits per heavy atom. The topological polar surface area (TPSA) is 49.3 Å². The van der Waals surface area contributed by atoms with Gasteiger partial charge in [0, 0.05) is 64.5 Å². The van der Waals surface area contributed by atoms with Crippen molar-refractivity contribution < 1.29 is 4.79 Å². The fourth-order valence-electron chi connectivity index (χ4n) is 4.47. The number of aromatic nitrogens is 2. The minimum absolute atomic E-state index is 0.0624. The van der Waals surface area contributed by atoms with Crippen LogP contribution >= 0.6 is 27.5 Å². The molecule has 0 N–H and O–H groups in total. The number of nitrogens with zero attached hydrogens (tertiary/aromatic N) is 4. The number of piperazine rings is 1. The summed E-state index contributed by atoms with van der Waals surface area (Å²) in [5.74, 6) is 1.68.